The maximum atomic E-state index is 15.0. The van der Waals surface area contributed by atoms with Gasteiger partial charge in [0.05, 0.1) is 29.2 Å². The average molecular weight is 703 g/mol. The van der Waals surface area contributed by atoms with Gasteiger partial charge in [0.25, 0.3) is 5.91 Å². The number of fused-ring (bicyclic) bond motifs is 2. The number of carbonyl (C=O) groups is 3. The normalized spacial score (nSPS) is 27.0. The predicted octanol–water partition coefficient (Wildman–Crippen LogP) is 5.81. The van der Waals surface area contributed by atoms with Gasteiger partial charge in [-0.15, -0.1) is 24.9 Å². The largest absolute Gasteiger partial charge is 0.394 e. The van der Waals surface area contributed by atoms with Gasteiger partial charge in [0.1, 0.15) is 6.04 Å². The lowest BCUT2D eigenvalue weighted by Crippen LogP contribution is -2.58. The highest BCUT2D eigenvalue weighted by Crippen LogP contribution is 2.68. The van der Waals surface area contributed by atoms with Crippen molar-refractivity contribution >= 4 is 61.9 Å². The van der Waals surface area contributed by atoms with Crippen LogP contribution in [0.2, 0.25) is 0 Å². The van der Waals surface area contributed by atoms with Crippen LogP contribution in [0.3, 0.4) is 0 Å². The van der Waals surface area contributed by atoms with Crippen LogP contribution in [0, 0.1) is 11.8 Å². The third kappa shape index (κ3) is 5.40. The number of hydrogen-bond donors (Lipinski definition) is 1. The Morgan fingerprint density at radius 1 is 1.04 bits per heavy atom. The molecule has 3 heterocycles. The van der Waals surface area contributed by atoms with Gasteiger partial charge in [0.15, 0.2) is 0 Å². The second kappa shape index (κ2) is 13.4. The molecular formula is C37H40BrN3O4S. The average Bonchev–Trinajstić information content (AvgIpc) is 3.67. The Morgan fingerprint density at radius 3 is 2.41 bits per heavy atom. The van der Waals surface area contributed by atoms with E-state index in [1.165, 1.54) is 0 Å². The second-order valence-corrected chi connectivity index (χ2v) is 15.1. The molecule has 3 amide bonds. The minimum Gasteiger partial charge on any atom is -0.394 e. The summed E-state index contributed by atoms with van der Waals surface area (Å²) in [5.41, 5.74) is 1.71. The number of hydrogen-bond acceptors (Lipinski definition) is 5. The fraction of sp³-hybridized carbons (Fsp3) is 0.378. The van der Waals surface area contributed by atoms with Gasteiger partial charge in [0.2, 0.25) is 11.8 Å². The van der Waals surface area contributed by atoms with Crippen LogP contribution < -0.4 is 4.90 Å². The van der Waals surface area contributed by atoms with Crippen LogP contribution in [0.4, 0.5) is 5.69 Å². The Morgan fingerprint density at radius 2 is 1.74 bits per heavy atom. The second-order valence-electron chi connectivity index (χ2n) is 12.4. The van der Waals surface area contributed by atoms with Crippen molar-refractivity contribution in [1.82, 2.24) is 9.80 Å². The Hall–Kier alpha value is -3.40. The number of aliphatic hydroxyl groups excluding tert-OH is 1. The van der Waals surface area contributed by atoms with E-state index in [4.69, 9.17) is 0 Å². The van der Waals surface area contributed by atoms with E-state index in [0.717, 1.165) is 16.3 Å². The van der Waals surface area contributed by atoms with Crippen molar-refractivity contribution in [2.24, 2.45) is 11.8 Å². The summed E-state index contributed by atoms with van der Waals surface area (Å²) in [7, 11) is 0. The molecule has 3 aliphatic heterocycles. The van der Waals surface area contributed by atoms with E-state index in [2.05, 4.69) is 29.1 Å². The van der Waals surface area contributed by atoms with Crippen LogP contribution in [0.1, 0.15) is 25.3 Å². The highest BCUT2D eigenvalue weighted by molar-refractivity contribution is 9.09. The number of likely N-dealkylation sites (tertiary alicyclic amines) is 1. The number of rotatable bonds is 12. The number of amides is 3. The third-order valence-corrected chi connectivity index (χ3v) is 13.0. The van der Waals surface area contributed by atoms with Gasteiger partial charge in [-0.1, -0.05) is 95.7 Å². The molecule has 3 fully saturated rings. The Kier molecular flexibility index (Phi) is 9.46. The highest BCUT2D eigenvalue weighted by atomic mass is 79.9. The van der Waals surface area contributed by atoms with Crippen molar-refractivity contribution in [3.63, 3.8) is 0 Å². The fourth-order valence-electron chi connectivity index (χ4n) is 7.78. The van der Waals surface area contributed by atoms with Crippen molar-refractivity contribution in [3.8, 4) is 0 Å². The zero-order valence-electron chi connectivity index (χ0n) is 26.0. The van der Waals surface area contributed by atoms with Gasteiger partial charge in [-0.2, -0.15) is 0 Å². The molecule has 46 heavy (non-hydrogen) atoms. The Labute approximate surface area is 283 Å². The lowest BCUT2D eigenvalue weighted by molar-refractivity contribution is -0.145. The number of aliphatic hydroxyl groups is 1. The summed E-state index contributed by atoms with van der Waals surface area (Å²) in [6.45, 7) is 10.5. The van der Waals surface area contributed by atoms with Crippen molar-refractivity contribution < 1.29 is 19.5 Å². The Bertz CT molecular complexity index is 1650. The minimum absolute atomic E-state index is 0.0595. The molecule has 240 valence electrons. The zero-order chi connectivity index (χ0) is 32.6. The first kappa shape index (κ1) is 32.5. The zero-order valence-corrected chi connectivity index (χ0v) is 28.4. The van der Waals surface area contributed by atoms with E-state index in [0.29, 0.717) is 31.6 Å². The molecule has 1 spiro atoms. The number of anilines is 1. The van der Waals surface area contributed by atoms with E-state index in [1.807, 2.05) is 79.7 Å². The maximum absolute atomic E-state index is 15.0. The van der Waals surface area contributed by atoms with E-state index < -0.39 is 28.7 Å². The molecule has 6 rings (SSSR count). The number of benzene rings is 3. The van der Waals surface area contributed by atoms with E-state index >= 15 is 4.79 Å². The van der Waals surface area contributed by atoms with Gasteiger partial charge in [-0.05, 0) is 41.3 Å². The first-order chi connectivity index (χ1) is 22.3. The summed E-state index contributed by atoms with van der Waals surface area (Å²) < 4.78 is -0.835. The standard InChI is InChI=1S/C37H40BrN3O4S/c1-4-18-39(22-24-12-8-7-9-13-24)34(43)30-31-35(44)41(27(6-3)23-42)33(37(31)21-29(38)32(30)46-37)36(45)40(19-5-2)28-17-16-25-14-10-11-15-26(25)20-28/h4-5,7-17,20,27,29-33,42H,1-2,6,18-19,21-23H2,3H3/t27-,29?,30+,31-,32+,33?,37?/m0/s1. The topological polar surface area (TPSA) is 81.2 Å². The molecule has 7 atom stereocenters. The van der Waals surface area contributed by atoms with Crippen molar-refractivity contribution in [3.05, 3.63) is 104 Å². The molecule has 3 aromatic rings. The molecule has 0 radical (unpaired) electrons. The minimum atomic E-state index is -0.858. The molecule has 3 aromatic carbocycles. The summed E-state index contributed by atoms with van der Waals surface area (Å²) in [6.07, 6.45) is 4.46. The predicted molar refractivity (Wildman–Crippen MR) is 189 cm³/mol. The molecule has 2 bridgehead atoms. The molecule has 0 saturated carbocycles. The van der Waals surface area contributed by atoms with Gasteiger partial charge in [-0.3, -0.25) is 14.4 Å². The summed E-state index contributed by atoms with van der Waals surface area (Å²) in [5.74, 6) is -1.85. The number of nitrogens with zero attached hydrogens (tertiary/aromatic N) is 3. The number of alkyl halides is 1. The molecule has 9 heteroatoms. The monoisotopic (exact) mass is 701 g/mol. The lowest BCUT2D eigenvalue weighted by atomic mass is 9.70. The summed E-state index contributed by atoms with van der Waals surface area (Å²) in [5, 5.41) is 12.4. The van der Waals surface area contributed by atoms with Crippen molar-refractivity contribution in [2.75, 3.05) is 24.6 Å². The highest BCUT2D eigenvalue weighted by Gasteiger charge is 2.76. The van der Waals surface area contributed by atoms with Crippen LogP contribution in [-0.2, 0) is 20.9 Å². The summed E-state index contributed by atoms with van der Waals surface area (Å²) in [4.78, 5) is 49.3. The first-order valence-corrected chi connectivity index (χ1v) is 17.7. The van der Waals surface area contributed by atoms with Gasteiger partial charge in [-0.25, -0.2) is 0 Å². The molecule has 7 nitrogen and oxygen atoms in total. The van der Waals surface area contributed by atoms with Crippen LogP contribution >= 0.6 is 27.7 Å². The maximum Gasteiger partial charge on any atom is 0.251 e. The Balaban J connectivity index is 1.42. The quantitative estimate of drug-likeness (QED) is 0.191. The van der Waals surface area contributed by atoms with E-state index in [1.54, 1.807) is 38.6 Å². The van der Waals surface area contributed by atoms with Crippen molar-refractivity contribution in [2.45, 2.75) is 53.2 Å². The molecule has 0 aromatic heterocycles. The molecule has 3 unspecified atom stereocenters. The summed E-state index contributed by atoms with van der Waals surface area (Å²) in [6, 6.07) is 22.3. The van der Waals surface area contributed by atoms with E-state index in [9.17, 15) is 14.7 Å². The SMILES string of the molecule is C=CCN(Cc1ccccc1)C(=O)[C@H]1[C@@H]2SC3(CC2Br)C(C(=O)N(CC=C)c2ccc4ccccc4c2)N([C@@H](CC)CO)C(=O)[C@H]13. The van der Waals surface area contributed by atoms with Crippen LogP contribution in [0.15, 0.2) is 98.1 Å². The molecule has 1 N–H and O–H groups in total. The number of halogens is 1. The fourth-order valence-corrected chi connectivity index (χ4v) is 11.4. The van der Waals surface area contributed by atoms with Crippen LogP contribution in [-0.4, -0.2) is 79.2 Å². The molecular weight excluding hydrogens is 662 g/mol. The van der Waals surface area contributed by atoms with Gasteiger partial charge < -0.3 is 19.8 Å². The van der Waals surface area contributed by atoms with E-state index in [-0.39, 0.29) is 41.0 Å². The summed E-state index contributed by atoms with van der Waals surface area (Å²) >= 11 is 5.50. The van der Waals surface area contributed by atoms with Gasteiger partial charge >= 0.3 is 0 Å². The first-order valence-electron chi connectivity index (χ1n) is 15.9. The third-order valence-electron chi connectivity index (χ3n) is 9.82. The number of carbonyl (C=O) groups excluding carboxylic acids is 3. The lowest BCUT2D eigenvalue weighted by Gasteiger charge is -2.40. The van der Waals surface area contributed by atoms with Gasteiger partial charge in [0, 0.05) is 35.4 Å². The molecule has 3 saturated heterocycles. The van der Waals surface area contributed by atoms with Crippen LogP contribution in [0.5, 0.6) is 0 Å². The molecule has 0 aliphatic carbocycles. The number of thioether (sulfide) groups is 1. The van der Waals surface area contributed by atoms with Crippen molar-refractivity contribution in [1.29, 1.82) is 0 Å². The smallest absolute Gasteiger partial charge is 0.251 e. The molecule has 3 aliphatic rings. The van der Waals surface area contributed by atoms with Crippen LogP contribution in [0.25, 0.3) is 10.8 Å².